The van der Waals surface area contributed by atoms with E-state index in [-0.39, 0.29) is 0 Å². The third-order valence-corrected chi connectivity index (χ3v) is 4.55. The van der Waals surface area contributed by atoms with Crippen LogP contribution in [0, 0.1) is 6.92 Å². The van der Waals surface area contributed by atoms with Gasteiger partial charge in [-0.2, -0.15) is 4.98 Å². The second-order valence-corrected chi connectivity index (χ2v) is 6.20. The second kappa shape index (κ2) is 5.63. The number of anilines is 1. The van der Waals surface area contributed by atoms with Gasteiger partial charge in [-0.15, -0.1) is 0 Å². The maximum absolute atomic E-state index is 6.14. The van der Waals surface area contributed by atoms with E-state index in [9.17, 15) is 0 Å². The van der Waals surface area contributed by atoms with E-state index in [4.69, 9.17) is 33.5 Å². The first kappa shape index (κ1) is 14.3. The smallest absolute Gasteiger partial charge is 0.270 e. The van der Waals surface area contributed by atoms with Crippen LogP contribution < -0.4 is 5.73 Å². The minimum Gasteiger partial charge on any atom is -0.375 e. The van der Waals surface area contributed by atoms with Crippen molar-refractivity contribution < 1.29 is 4.52 Å². The van der Waals surface area contributed by atoms with Gasteiger partial charge in [-0.1, -0.05) is 45.8 Å². The number of nitrogen functional groups attached to an aromatic ring is 1. The molecule has 0 saturated carbocycles. The van der Waals surface area contributed by atoms with E-state index in [0.29, 0.717) is 33.3 Å². The molecule has 2 heterocycles. The zero-order valence-corrected chi connectivity index (χ0v) is 13.3. The molecule has 0 unspecified atom stereocenters. The highest BCUT2D eigenvalue weighted by molar-refractivity contribution is 7.18. The number of benzene rings is 1. The van der Waals surface area contributed by atoms with Crippen molar-refractivity contribution in [2.75, 3.05) is 5.73 Å². The fourth-order valence-corrected chi connectivity index (χ4v) is 3.18. The van der Waals surface area contributed by atoms with Gasteiger partial charge in [-0.05, 0) is 24.6 Å². The summed E-state index contributed by atoms with van der Waals surface area (Å²) in [7, 11) is 0. The van der Waals surface area contributed by atoms with Crippen molar-refractivity contribution in [1.82, 2.24) is 15.1 Å². The van der Waals surface area contributed by atoms with Gasteiger partial charge in [-0.25, -0.2) is 4.98 Å². The van der Waals surface area contributed by atoms with Crippen molar-refractivity contribution >= 4 is 39.7 Å². The largest absolute Gasteiger partial charge is 0.375 e. The molecular formula is C13H10Cl2N4OS. The van der Waals surface area contributed by atoms with Crippen molar-refractivity contribution in [3.8, 4) is 10.8 Å². The van der Waals surface area contributed by atoms with Crippen LogP contribution >= 0.6 is 34.5 Å². The zero-order valence-electron chi connectivity index (χ0n) is 10.9. The van der Waals surface area contributed by atoms with Crippen LogP contribution in [-0.2, 0) is 6.42 Å². The Morgan fingerprint density at radius 1 is 1.24 bits per heavy atom. The van der Waals surface area contributed by atoms with Gasteiger partial charge in [0.25, 0.3) is 5.89 Å². The lowest BCUT2D eigenvalue weighted by Crippen LogP contribution is -1.93. The Morgan fingerprint density at radius 3 is 2.57 bits per heavy atom. The van der Waals surface area contributed by atoms with E-state index in [1.165, 1.54) is 11.3 Å². The molecule has 0 fully saturated rings. The molecule has 0 radical (unpaired) electrons. The number of nitrogens with two attached hydrogens (primary N) is 1. The van der Waals surface area contributed by atoms with Crippen LogP contribution in [0.5, 0.6) is 0 Å². The number of aryl methyl sites for hydroxylation is 1. The van der Waals surface area contributed by atoms with Crippen molar-refractivity contribution in [1.29, 1.82) is 0 Å². The van der Waals surface area contributed by atoms with Crippen molar-refractivity contribution in [3.63, 3.8) is 0 Å². The minimum absolute atomic E-state index is 0.398. The fourth-order valence-electron chi connectivity index (χ4n) is 1.89. The first-order valence-corrected chi connectivity index (χ1v) is 7.60. The van der Waals surface area contributed by atoms with E-state index >= 15 is 0 Å². The van der Waals surface area contributed by atoms with Gasteiger partial charge in [0.05, 0.1) is 5.69 Å². The molecule has 0 atom stereocenters. The maximum atomic E-state index is 6.14. The van der Waals surface area contributed by atoms with E-state index in [1.54, 1.807) is 18.2 Å². The summed E-state index contributed by atoms with van der Waals surface area (Å²) in [4.78, 5) is 9.26. The summed E-state index contributed by atoms with van der Waals surface area (Å²) in [5.74, 6) is 0.909. The molecule has 5 nitrogen and oxygen atoms in total. The lowest BCUT2D eigenvalue weighted by Gasteiger charge is -2.02. The molecule has 0 aliphatic carbocycles. The molecule has 3 rings (SSSR count). The molecule has 2 aromatic heterocycles. The standard InChI is InChI=1S/C13H10Cl2N4OS/c1-6-11(21-13(16)17-6)12-18-10(19-20-12)5-7-8(14)3-2-4-9(7)15/h2-4H,5H2,1H3,(H2,16,17). The lowest BCUT2D eigenvalue weighted by molar-refractivity contribution is 0.424. The second-order valence-electron chi connectivity index (χ2n) is 4.36. The Hall–Kier alpha value is -1.63. The van der Waals surface area contributed by atoms with E-state index in [1.807, 2.05) is 6.92 Å². The maximum Gasteiger partial charge on any atom is 0.270 e. The highest BCUT2D eigenvalue weighted by atomic mass is 35.5. The molecule has 0 spiro atoms. The minimum atomic E-state index is 0.398. The Morgan fingerprint density at radius 2 is 1.95 bits per heavy atom. The lowest BCUT2D eigenvalue weighted by atomic mass is 10.1. The topological polar surface area (TPSA) is 77.8 Å². The summed E-state index contributed by atoms with van der Waals surface area (Å²) in [5.41, 5.74) is 7.21. The third kappa shape index (κ3) is 2.88. The molecule has 1 aromatic carbocycles. The van der Waals surface area contributed by atoms with Gasteiger partial charge in [0.15, 0.2) is 11.0 Å². The summed E-state index contributed by atoms with van der Waals surface area (Å²) >= 11 is 13.6. The highest BCUT2D eigenvalue weighted by Crippen LogP contribution is 2.31. The first-order chi connectivity index (χ1) is 10.0. The van der Waals surface area contributed by atoms with Crippen LogP contribution in [0.25, 0.3) is 10.8 Å². The SMILES string of the molecule is Cc1nc(N)sc1-c1nc(Cc2c(Cl)cccc2Cl)no1. The molecule has 2 N–H and O–H groups in total. The molecule has 108 valence electrons. The van der Waals surface area contributed by atoms with E-state index < -0.39 is 0 Å². The van der Waals surface area contributed by atoms with Crippen molar-refractivity contribution in [3.05, 3.63) is 45.3 Å². The molecule has 0 aliphatic rings. The summed E-state index contributed by atoms with van der Waals surface area (Å²) in [6.07, 6.45) is 0.398. The van der Waals surface area contributed by atoms with Gasteiger partial charge < -0.3 is 10.3 Å². The number of thiazole rings is 1. The third-order valence-electron chi connectivity index (χ3n) is 2.87. The van der Waals surface area contributed by atoms with Gasteiger partial charge in [-0.3, -0.25) is 0 Å². The normalized spacial score (nSPS) is 11.0. The number of halogens is 2. The van der Waals surface area contributed by atoms with E-state index in [0.717, 1.165) is 16.1 Å². The quantitative estimate of drug-likeness (QED) is 0.780. The molecule has 0 bridgehead atoms. The van der Waals surface area contributed by atoms with Gasteiger partial charge in [0, 0.05) is 16.5 Å². The Bertz CT molecular complexity index is 779. The Labute approximate surface area is 134 Å². The summed E-state index contributed by atoms with van der Waals surface area (Å²) in [5, 5.41) is 5.58. The Balaban J connectivity index is 1.91. The predicted octanol–water partition coefficient (Wildman–Crippen LogP) is 3.98. The predicted molar refractivity (Wildman–Crippen MR) is 83.8 cm³/mol. The molecule has 0 amide bonds. The number of aromatic nitrogens is 3. The number of hydrogen-bond donors (Lipinski definition) is 1. The average molecular weight is 341 g/mol. The number of nitrogens with zero attached hydrogens (tertiary/aromatic N) is 3. The molecule has 8 heteroatoms. The van der Waals surface area contributed by atoms with Crippen LogP contribution in [0.15, 0.2) is 22.7 Å². The van der Waals surface area contributed by atoms with Crippen LogP contribution in [0.2, 0.25) is 10.0 Å². The zero-order chi connectivity index (χ0) is 15.0. The summed E-state index contributed by atoms with van der Waals surface area (Å²) < 4.78 is 5.26. The van der Waals surface area contributed by atoms with Crippen molar-refractivity contribution in [2.24, 2.45) is 0 Å². The fraction of sp³-hybridized carbons (Fsp3) is 0.154. The number of hydrogen-bond acceptors (Lipinski definition) is 6. The van der Waals surface area contributed by atoms with Crippen LogP contribution in [0.4, 0.5) is 5.13 Å². The van der Waals surface area contributed by atoms with Gasteiger partial charge in [0.1, 0.15) is 4.88 Å². The molecule has 3 aromatic rings. The first-order valence-electron chi connectivity index (χ1n) is 6.03. The molecule has 0 aliphatic heterocycles. The molecular weight excluding hydrogens is 331 g/mol. The van der Waals surface area contributed by atoms with Gasteiger partial charge >= 0.3 is 0 Å². The molecule has 21 heavy (non-hydrogen) atoms. The van der Waals surface area contributed by atoms with Crippen molar-refractivity contribution in [2.45, 2.75) is 13.3 Å². The Kier molecular flexibility index (Phi) is 3.84. The highest BCUT2D eigenvalue weighted by Gasteiger charge is 2.17. The summed E-state index contributed by atoms with van der Waals surface area (Å²) in [6.45, 7) is 1.84. The van der Waals surface area contributed by atoms with Crippen LogP contribution in [0.3, 0.4) is 0 Å². The van der Waals surface area contributed by atoms with Gasteiger partial charge in [0.2, 0.25) is 0 Å². The number of rotatable bonds is 3. The summed E-state index contributed by atoms with van der Waals surface area (Å²) in [6, 6.07) is 5.34. The van der Waals surface area contributed by atoms with E-state index in [2.05, 4.69) is 15.1 Å². The van der Waals surface area contributed by atoms with Crippen LogP contribution in [-0.4, -0.2) is 15.1 Å². The average Bonchev–Trinajstić information content (AvgIpc) is 3.00. The monoisotopic (exact) mass is 340 g/mol. The molecule has 0 saturated heterocycles. The van der Waals surface area contributed by atoms with Crippen LogP contribution in [0.1, 0.15) is 17.1 Å².